The molecule has 0 radical (unpaired) electrons. The minimum absolute atomic E-state index is 0.542. The first kappa shape index (κ1) is 9.41. The van der Waals surface area contributed by atoms with Crippen LogP contribution in [-0.4, -0.2) is 6.29 Å². The second-order valence-electron chi connectivity index (χ2n) is 2.60. The molecule has 0 aromatic carbocycles. The molecule has 0 aliphatic carbocycles. The Morgan fingerprint density at radius 2 is 2.10 bits per heavy atom. The smallest absolute Gasteiger partial charge is 0.145 e. The van der Waals surface area contributed by atoms with E-state index < -0.39 is 0 Å². The standard InChI is InChI=1S/C9H16O/c1-4-8(3)6-9(5-2)7-10/h6-8H,4-5H2,1-3H3/b9-6+. The summed E-state index contributed by atoms with van der Waals surface area (Å²) in [4.78, 5) is 10.3. The molecule has 0 bridgehead atoms. The lowest BCUT2D eigenvalue weighted by Crippen LogP contribution is -1.90. The van der Waals surface area contributed by atoms with Crippen molar-refractivity contribution in [1.82, 2.24) is 0 Å². The average Bonchev–Trinajstić information content (AvgIpc) is 1.99. The molecule has 0 aliphatic heterocycles. The number of carbonyl (C=O) groups excluding carboxylic acids is 1. The summed E-state index contributed by atoms with van der Waals surface area (Å²) >= 11 is 0. The third-order valence-electron chi connectivity index (χ3n) is 1.70. The maximum atomic E-state index is 10.3. The summed E-state index contributed by atoms with van der Waals surface area (Å²) in [6.45, 7) is 6.25. The fourth-order valence-corrected chi connectivity index (χ4v) is 0.724. The molecule has 0 heterocycles. The van der Waals surface area contributed by atoms with Crippen LogP contribution in [-0.2, 0) is 4.79 Å². The highest BCUT2D eigenvalue weighted by Crippen LogP contribution is 2.07. The van der Waals surface area contributed by atoms with Crippen LogP contribution in [0.4, 0.5) is 0 Å². The molecule has 10 heavy (non-hydrogen) atoms. The van der Waals surface area contributed by atoms with Crippen molar-refractivity contribution in [2.75, 3.05) is 0 Å². The number of carbonyl (C=O) groups is 1. The van der Waals surface area contributed by atoms with Crippen LogP contribution in [0, 0.1) is 5.92 Å². The van der Waals surface area contributed by atoms with Crippen molar-refractivity contribution in [2.24, 2.45) is 5.92 Å². The molecule has 0 saturated heterocycles. The van der Waals surface area contributed by atoms with E-state index in [1.165, 1.54) is 0 Å². The predicted octanol–water partition coefficient (Wildman–Crippen LogP) is 2.57. The minimum atomic E-state index is 0.542. The Labute approximate surface area is 63.1 Å². The highest BCUT2D eigenvalue weighted by atomic mass is 16.1. The SMILES string of the molecule is CC/C(C=O)=C\C(C)CC. The van der Waals surface area contributed by atoms with Crippen LogP contribution in [0.3, 0.4) is 0 Å². The minimum Gasteiger partial charge on any atom is -0.298 e. The molecular formula is C9H16O. The van der Waals surface area contributed by atoms with Gasteiger partial charge in [-0.2, -0.15) is 0 Å². The second kappa shape index (κ2) is 5.21. The molecule has 58 valence electrons. The van der Waals surface area contributed by atoms with Gasteiger partial charge in [-0.05, 0) is 17.9 Å². The van der Waals surface area contributed by atoms with Crippen molar-refractivity contribution in [3.8, 4) is 0 Å². The van der Waals surface area contributed by atoms with Gasteiger partial charge in [-0.1, -0.05) is 33.3 Å². The van der Waals surface area contributed by atoms with E-state index in [4.69, 9.17) is 0 Å². The highest BCUT2D eigenvalue weighted by Gasteiger charge is 1.95. The van der Waals surface area contributed by atoms with Crippen LogP contribution < -0.4 is 0 Å². The van der Waals surface area contributed by atoms with Gasteiger partial charge in [0.15, 0.2) is 0 Å². The van der Waals surface area contributed by atoms with Gasteiger partial charge in [0.05, 0.1) is 0 Å². The Hall–Kier alpha value is -0.590. The Balaban J connectivity index is 3.95. The molecule has 1 unspecified atom stereocenters. The van der Waals surface area contributed by atoms with Crippen LogP contribution in [0.15, 0.2) is 11.6 Å². The zero-order chi connectivity index (χ0) is 7.98. The number of rotatable bonds is 4. The summed E-state index contributed by atoms with van der Waals surface area (Å²) in [5.41, 5.74) is 0.925. The lowest BCUT2D eigenvalue weighted by atomic mass is 10.0. The lowest BCUT2D eigenvalue weighted by Gasteiger charge is -2.01. The Bertz CT molecular complexity index is 125. The topological polar surface area (TPSA) is 17.1 Å². The van der Waals surface area contributed by atoms with Gasteiger partial charge in [0.2, 0.25) is 0 Å². The summed E-state index contributed by atoms with van der Waals surface area (Å²) < 4.78 is 0. The van der Waals surface area contributed by atoms with Crippen LogP contribution >= 0.6 is 0 Å². The van der Waals surface area contributed by atoms with Gasteiger partial charge < -0.3 is 0 Å². The fraction of sp³-hybridized carbons (Fsp3) is 0.667. The summed E-state index contributed by atoms with van der Waals surface area (Å²) in [6, 6.07) is 0. The molecule has 0 rings (SSSR count). The van der Waals surface area contributed by atoms with E-state index in [0.717, 1.165) is 24.7 Å². The number of allylic oxidation sites excluding steroid dienone is 2. The van der Waals surface area contributed by atoms with Gasteiger partial charge >= 0.3 is 0 Å². The Kier molecular flexibility index (Phi) is 4.91. The van der Waals surface area contributed by atoms with Crippen molar-refractivity contribution in [3.63, 3.8) is 0 Å². The molecule has 1 atom stereocenters. The van der Waals surface area contributed by atoms with Crippen molar-refractivity contribution >= 4 is 6.29 Å². The molecule has 0 aliphatic rings. The molecule has 0 saturated carbocycles. The molecule has 0 fully saturated rings. The van der Waals surface area contributed by atoms with E-state index >= 15 is 0 Å². The largest absolute Gasteiger partial charge is 0.298 e. The highest BCUT2D eigenvalue weighted by molar-refractivity contribution is 5.72. The quantitative estimate of drug-likeness (QED) is 0.433. The first-order valence-electron chi connectivity index (χ1n) is 3.90. The van der Waals surface area contributed by atoms with E-state index in [-0.39, 0.29) is 0 Å². The molecule has 0 spiro atoms. The van der Waals surface area contributed by atoms with Gasteiger partial charge in [-0.15, -0.1) is 0 Å². The van der Waals surface area contributed by atoms with Gasteiger partial charge in [-0.25, -0.2) is 0 Å². The van der Waals surface area contributed by atoms with Crippen molar-refractivity contribution in [3.05, 3.63) is 11.6 Å². The van der Waals surface area contributed by atoms with E-state index in [1.54, 1.807) is 0 Å². The van der Waals surface area contributed by atoms with Crippen LogP contribution in [0.1, 0.15) is 33.6 Å². The molecule has 1 heteroatoms. The molecular weight excluding hydrogens is 124 g/mol. The molecule has 0 N–H and O–H groups in total. The van der Waals surface area contributed by atoms with E-state index in [9.17, 15) is 4.79 Å². The lowest BCUT2D eigenvalue weighted by molar-refractivity contribution is -0.105. The monoisotopic (exact) mass is 140 g/mol. The van der Waals surface area contributed by atoms with Crippen molar-refractivity contribution in [2.45, 2.75) is 33.6 Å². The first-order chi connectivity index (χ1) is 4.74. The summed E-state index contributed by atoms with van der Waals surface area (Å²) in [5, 5.41) is 0. The van der Waals surface area contributed by atoms with Crippen molar-refractivity contribution in [1.29, 1.82) is 0 Å². The van der Waals surface area contributed by atoms with Gasteiger partial charge in [0.25, 0.3) is 0 Å². The number of hydrogen-bond acceptors (Lipinski definition) is 1. The fourth-order valence-electron chi connectivity index (χ4n) is 0.724. The zero-order valence-electron chi connectivity index (χ0n) is 7.05. The third-order valence-corrected chi connectivity index (χ3v) is 1.70. The Morgan fingerprint density at radius 1 is 1.50 bits per heavy atom. The van der Waals surface area contributed by atoms with Gasteiger partial charge in [0.1, 0.15) is 6.29 Å². The molecule has 1 nitrogen and oxygen atoms in total. The number of aldehydes is 1. The van der Waals surface area contributed by atoms with Gasteiger partial charge in [0, 0.05) is 0 Å². The van der Waals surface area contributed by atoms with Crippen LogP contribution in [0.25, 0.3) is 0 Å². The third kappa shape index (κ3) is 3.44. The van der Waals surface area contributed by atoms with E-state index in [1.807, 2.05) is 13.0 Å². The summed E-state index contributed by atoms with van der Waals surface area (Å²) in [7, 11) is 0. The van der Waals surface area contributed by atoms with Crippen molar-refractivity contribution < 1.29 is 4.79 Å². The zero-order valence-corrected chi connectivity index (χ0v) is 7.05. The summed E-state index contributed by atoms with van der Waals surface area (Å²) in [6.07, 6.45) is 4.96. The van der Waals surface area contributed by atoms with Crippen LogP contribution in [0.2, 0.25) is 0 Å². The van der Waals surface area contributed by atoms with Gasteiger partial charge in [-0.3, -0.25) is 4.79 Å². The first-order valence-corrected chi connectivity index (χ1v) is 3.90. The average molecular weight is 140 g/mol. The Morgan fingerprint density at radius 3 is 2.40 bits per heavy atom. The van der Waals surface area contributed by atoms with E-state index in [0.29, 0.717) is 5.92 Å². The molecule has 0 amide bonds. The summed E-state index contributed by atoms with van der Waals surface area (Å²) in [5.74, 6) is 0.542. The maximum absolute atomic E-state index is 10.3. The van der Waals surface area contributed by atoms with Crippen LogP contribution in [0.5, 0.6) is 0 Å². The number of hydrogen-bond donors (Lipinski definition) is 0. The maximum Gasteiger partial charge on any atom is 0.145 e. The normalized spacial score (nSPS) is 14.9. The predicted molar refractivity (Wildman–Crippen MR) is 43.9 cm³/mol. The molecule has 0 aromatic rings. The molecule has 0 aromatic heterocycles. The van der Waals surface area contributed by atoms with E-state index in [2.05, 4.69) is 13.8 Å². The second-order valence-corrected chi connectivity index (χ2v) is 2.60.